The maximum Gasteiger partial charge on any atom is 0.275 e. The number of hydrogen-bond donors (Lipinski definition) is 5. The van der Waals surface area contributed by atoms with Crippen molar-refractivity contribution in [2.24, 2.45) is 0 Å². The molecule has 0 aromatic carbocycles. The summed E-state index contributed by atoms with van der Waals surface area (Å²) in [6.45, 7) is -0.398. The number of halogens is 1. The van der Waals surface area contributed by atoms with Gasteiger partial charge in [-0.2, -0.15) is 0 Å². The topological polar surface area (TPSA) is 131 Å². The summed E-state index contributed by atoms with van der Waals surface area (Å²) in [7, 11) is 0. The second kappa shape index (κ2) is 5.51. The van der Waals surface area contributed by atoms with Gasteiger partial charge in [0, 0.05) is 11.8 Å². The number of nitrogens with zero attached hydrogens (tertiary/aromatic N) is 1. The van der Waals surface area contributed by atoms with Crippen molar-refractivity contribution in [3.8, 4) is 0 Å². The summed E-state index contributed by atoms with van der Waals surface area (Å²) in [6.07, 6.45) is -1.29. The Morgan fingerprint density at radius 3 is 2.70 bits per heavy atom. The molecule has 0 saturated carbocycles. The van der Waals surface area contributed by atoms with Crippen LogP contribution in [0.1, 0.15) is 11.7 Å². The lowest BCUT2D eigenvalue weighted by Gasteiger charge is -2.13. The molecular weight excluding hydrogens is 290 g/mol. The van der Waals surface area contributed by atoms with Crippen LogP contribution in [-0.2, 0) is 4.74 Å². The summed E-state index contributed by atoms with van der Waals surface area (Å²) in [4.78, 5) is 20.8. The van der Waals surface area contributed by atoms with Crippen molar-refractivity contribution in [1.82, 2.24) is 15.0 Å². The molecular formula is C11H14ClN3O5. The molecule has 8 nitrogen and oxygen atoms in total. The molecule has 2 aromatic heterocycles. The number of rotatable bonds is 2. The zero-order valence-corrected chi connectivity index (χ0v) is 11.0. The number of aromatic amines is 2. The van der Waals surface area contributed by atoms with E-state index in [0.717, 1.165) is 0 Å². The first kappa shape index (κ1) is 14.9. The van der Waals surface area contributed by atoms with E-state index in [0.29, 0.717) is 11.1 Å². The van der Waals surface area contributed by atoms with Crippen LogP contribution in [0, 0.1) is 0 Å². The molecule has 1 aliphatic heterocycles. The van der Waals surface area contributed by atoms with Crippen LogP contribution >= 0.6 is 12.4 Å². The van der Waals surface area contributed by atoms with Crippen molar-refractivity contribution >= 4 is 23.4 Å². The van der Waals surface area contributed by atoms with Crippen LogP contribution in [0.2, 0.25) is 0 Å². The van der Waals surface area contributed by atoms with E-state index in [1.807, 2.05) is 0 Å². The third kappa shape index (κ3) is 2.11. The molecule has 2 aromatic rings. The first-order chi connectivity index (χ1) is 9.13. The average Bonchev–Trinajstić information content (AvgIpc) is 2.94. The summed E-state index contributed by atoms with van der Waals surface area (Å²) in [5.41, 5.74) is 0.792. The lowest BCUT2D eigenvalue weighted by molar-refractivity contribution is -0.0224. The zero-order chi connectivity index (χ0) is 13.6. The normalized spacial score (nSPS) is 29.6. The maximum absolute atomic E-state index is 11.6. The molecule has 4 unspecified atom stereocenters. The van der Waals surface area contributed by atoms with Crippen LogP contribution in [0.5, 0.6) is 0 Å². The van der Waals surface area contributed by atoms with Crippen molar-refractivity contribution in [2.45, 2.75) is 24.4 Å². The number of nitrogens with one attached hydrogen (secondary N) is 2. The second-order valence-electron chi connectivity index (χ2n) is 4.46. The Bertz CT molecular complexity index is 657. The van der Waals surface area contributed by atoms with Crippen LogP contribution in [0.4, 0.5) is 0 Å². The smallest absolute Gasteiger partial charge is 0.275 e. The number of H-pyrrole nitrogens is 2. The molecule has 0 aliphatic carbocycles. The Morgan fingerprint density at radius 2 is 2.05 bits per heavy atom. The highest BCUT2D eigenvalue weighted by molar-refractivity contribution is 5.85. The largest absolute Gasteiger partial charge is 0.394 e. The number of fused-ring (bicyclic) bond motifs is 1. The summed E-state index contributed by atoms with van der Waals surface area (Å²) < 4.78 is 5.41. The zero-order valence-electron chi connectivity index (χ0n) is 10.2. The maximum atomic E-state index is 11.6. The fourth-order valence-corrected chi connectivity index (χ4v) is 2.34. The minimum absolute atomic E-state index is 0. The fraction of sp³-hybridized carbons (Fsp3) is 0.455. The van der Waals surface area contributed by atoms with Gasteiger partial charge in [-0.1, -0.05) is 0 Å². The van der Waals surface area contributed by atoms with Crippen LogP contribution < -0.4 is 5.56 Å². The van der Waals surface area contributed by atoms with Gasteiger partial charge in [-0.05, 0) is 0 Å². The van der Waals surface area contributed by atoms with Crippen LogP contribution in [-0.4, -0.2) is 55.2 Å². The first-order valence-electron chi connectivity index (χ1n) is 5.80. The molecule has 1 fully saturated rings. The number of ether oxygens (including phenoxy) is 1. The minimum Gasteiger partial charge on any atom is -0.394 e. The predicted octanol–water partition coefficient (Wildman–Crippen LogP) is -1.17. The highest BCUT2D eigenvalue weighted by atomic mass is 35.5. The highest BCUT2D eigenvalue weighted by Crippen LogP contribution is 2.35. The minimum atomic E-state index is -1.18. The first-order valence-corrected chi connectivity index (χ1v) is 5.80. The summed E-state index contributed by atoms with van der Waals surface area (Å²) in [5.74, 6) is 0. The molecule has 5 N–H and O–H groups in total. The van der Waals surface area contributed by atoms with Crippen molar-refractivity contribution < 1.29 is 20.1 Å². The lowest BCUT2D eigenvalue weighted by Crippen LogP contribution is -2.32. The number of aromatic nitrogens is 3. The molecule has 0 bridgehead atoms. The van der Waals surface area contributed by atoms with E-state index >= 15 is 0 Å². The predicted molar refractivity (Wildman–Crippen MR) is 70.7 cm³/mol. The van der Waals surface area contributed by atoms with Gasteiger partial charge in [-0.15, -0.1) is 12.4 Å². The fourth-order valence-electron chi connectivity index (χ4n) is 2.34. The molecule has 0 spiro atoms. The molecule has 3 heterocycles. The van der Waals surface area contributed by atoms with E-state index in [2.05, 4.69) is 15.0 Å². The molecule has 110 valence electrons. The summed E-state index contributed by atoms with van der Waals surface area (Å²) >= 11 is 0. The van der Waals surface area contributed by atoms with Crippen LogP contribution in [0.25, 0.3) is 11.0 Å². The van der Waals surface area contributed by atoms with Crippen molar-refractivity contribution in [2.75, 3.05) is 6.61 Å². The SMILES string of the molecule is Cl.O=c1[nH]cnc2c(C3OC(CO)C(O)C3O)c[nH]c12. The lowest BCUT2D eigenvalue weighted by atomic mass is 10.0. The van der Waals surface area contributed by atoms with E-state index in [-0.39, 0.29) is 23.5 Å². The third-order valence-electron chi connectivity index (χ3n) is 3.35. The Labute approximate surface area is 118 Å². The molecule has 3 rings (SSSR count). The van der Waals surface area contributed by atoms with E-state index in [9.17, 15) is 15.0 Å². The Kier molecular flexibility index (Phi) is 4.11. The van der Waals surface area contributed by atoms with Gasteiger partial charge in [0.25, 0.3) is 5.56 Å². The van der Waals surface area contributed by atoms with E-state index in [1.54, 1.807) is 0 Å². The third-order valence-corrected chi connectivity index (χ3v) is 3.35. The van der Waals surface area contributed by atoms with Gasteiger partial charge in [0.1, 0.15) is 35.4 Å². The molecule has 0 amide bonds. The molecule has 20 heavy (non-hydrogen) atoms. The molecule has 1 saturated heterocycles. The van der Waals surface area contributed by atoms with Crippen LogP contribution in [0.3, 0.4) is 0 Å². The second-order valence-corrected chi connectivity index (χ2v) is 4.46. The summed E-state index contributed by atoms with van der Waals surface area (Å²) in [6, 6.07) is 0. The van der Waals surface area contributed by atoms with E-state index in [4.69, 9.17) is 9.84 Å². The Morgan fingerprint density at radius 1 is 1.30 bits per heavy atom. The number of aliphatic hydroxyl groups excluding tert-OH is 3. The molecule has 1 aliphatic rings. The Balaban J connectivity index is 0.00000147. The monoisotopic (exact) mass is 303 g/mol. The van der Waals surface area contributed by atoms with Gasteiger partial charge in [-0.3, -0.25) is 4.79 Å². The van der Waals surface area contributed by atoms with Gasteiger partial charge in [0.15, 0.2) is 0 Å². The summed E-state index contributed by atoms with van der Waals surface area (Å²) in [5, 5.41) is 28.7. The van der Waals surface area contributed by atoms with Gasteiger partial charge in [0.2, 0.25) is 0 Å². The average molecular weight is 304 g/mol. The molecule has 4 atom stereocenters. The van der Waals surface area contributed by atoms with Crippen LogP contribution in [0.15, 0.2) is 17.3 Å². The standard InChI is InChI=1S/C11H13N3O5.ClH/c15-2-5-8(16)9(17)10(19-5)4-1-12-7-6(4)13-3-14-11(7)18;/h1,3,5,8-10,12,15-17H,2H2,(H,13,14,18);1H. The molecule has 0 radical (unpaired) electrons. The van der Waals surface area contributed by atoms with Gasteiger partial charge >= 0.3 is 0 Å². The van der Waals surface area contributed by atoms with Crippen molar-refractivity contribution in [3.05, 3.63) is 28.4 Å². The van der Waals surface area contributed by atoms with E-state index < -0.39 is 31.0 Å². The van der Waals surface area contributed by atoms with Gasteiger partial charge in [0.05, 0.1) is 12.9 Å². The van der Waals surface area contributed by atoms with Crippen molar-refractivity contribution in [3.63, 3.8) is 0 Å². The van der Waals surface area contributed by atoms with Crippen molar-refractivity contribution in [1.29, 1.82) is 0 Å². The molecule has 9 heteroatoms. The Hall–Kier alpha value is -1.45. The van der Waals surface area contributed by atoms with E-state index in [1.165, 1.54) is 12.5 Å². The highest BCUT2D eigenvalue weighted by Gasteiger charge is 2.44. The number of hydrogen-bond acceptors (Lipinski definition) is 6. The quantitative estimate of drug-likeness (QED) is 0.475. The van der Waals surface area contributed by atoms with Gasteiger partial charge < -0.3 is 30.0 Å². The number of aliphatic hydroxyl groups is 3. The van der Waals surface area contributed by atoms with Gasteiger partial charge in [-0.25, -0.2) is 4.98 Å².